The number of esters is 1. The summed E-state index contributed by atoms with van der Waals surface area (Å²) in [5.41, 5.74) is 4.23. The van der Waals surface area contributed by atoms with Gasteiger partial charge in [-0.3, -0.25) is 15.6 Å². The van der Waals surface area contributed by atoms with E-state index in [-0.39, 0.29) is 4.91 Å². The molecule has 1 heterocycles. The summed E-state index contributed by atoms with van der Waals surface area (Å²) in [5, 5.41) is 0. The van der Waals surface area contributed by atoms with Crippen LogP contribution >= 0.6 is 24.0 Å². The third-order valence-electron chi connectivity index (χ3n) is 1.36. The first kappa shape index (κ1) is 13.0. The van der Waals surface area contributed by atoms with Gasteiger partial charge in [0.15, 0.2) is 4.32 Å². The molecule has 1 saturated heterocycles. The van der Waals surface area contributed by atoms with Gasteiger partial charge < -0.3 is 4.74 Å². The van der Waals surface area contributed by atoms with Crippen LogP contribution in [-0.2, 0) is 14.3 Å². The second-order valence-electron chi connectivity index (χ2n) is 4.01. The van der Waals surface area contributed by atoms with Crippen molar-refractivity contribution in [2.24, 2.45) is 0 Å². The van der Waals surface area contributed by atoms with E-state index in [1.807, 2.05) is 0 Å². The molecule has 0 saturated carbocycles. The van der Waals surface area contributed by atoms with Gasteiger partial charge in [-0.05, 0) is 20.8 Å². The Morgan fingerprint density at radius 1 is 1.44 bits per heavy atom. The number of rotatable bonds is 1. The molecule has 0 aliphatic carbocycles. The number of carbonyl (C=O) groups excluding carboxylic acids is 2. The van der Waals surface area contributed by atoms with Crippen molar-refractivity contribution in [2.45, 2.75) is 26.4 Å². The van der Waals surface area contributed by atoms with Crippen LogP contribution < -0.4 is 10.9 Å². The first-order valence-electron chi connectivity index (χ1n) is 4.51. The maximum atomic E-state index is 11.4. The van der Waals surface area contributed by atoms with Gasteiger partial charge in [0.2, 0.25) is 0 Å². The van der Waals surface area contributed by atoms with Gasteiger partial charge in [0.05, 0.1) is 4.91 Å². The molecular weight excluding hydrogens is 248 g/mol. The van der Waals surface area contributed by atoms with Crippen LogP contribution in [0.3, 0.4) is 0 Å². The van der Waals surface area contributed by atoms with E-state index in [9.17, 15) is 9.59 Å². The van der Waals surface area contributed by atoms with Crippen LogP contribution in [0.15, 0.2) is 11.0 Å². The molecule has 88 valence electrons. The first-order chi connectivity index (χ1) is 7.28. The van der Waals surface area contributed by atoms with Crippen LogP contribution in [0, 0.1) is 0 Å². The lowest BCUT2D eigenvalue weighted by atomic mass is 10.2. The fraction of sp³-hybridized carbons (Fsp3) is 0.444. The lowest BCUT2D eigenvalue weighted by Gasteiger charge is -2.20. The third-order valence-corrected chi connectivity index (χ3v) is 2.52. The van der Waals surface area contributed by atoms with Crippen molar-refractivity contribution in [2.75, 3.05) is 0 Å². The third kappa shape index (κ3) is 4.19. The van der Waals surface area contributed by atoms with Crippen LogP contribution in [0.1, 0.15) is 20.8 Å². The average Bonchev–Trinajstić information content (AvgIpc) is 2.08. The van der Waals surface area contributed by atoms with Gasteiger partial charge in [0, 0.05) is 6.08 Å². The summed E-state index contributed by atoms with van der Waals surface area (Å²) >= 11 is 5.86. The first-order valence-corrected chi connectivity index (χ1v) is 5.73. The highest BCUT2D eigenvalue weighted by atomic mass is 32.2. The quantitative estimate of drug-likeness (QED) is 0.414. The number of ether oxygens (including phenoxy) is 1. The minimum absolute atomic E-state index is 0.220. The van der Waals surface area contributed by atoms with Crippen LogP contribution in [-0.4, -0.2) is 21.8 Å². The van der Waals surface area contributed by atoms with Gasteiger partial charge in [-0.15, -0.1) is 0 Å². The van der Waals surface area contributed by atoms with Crippen molar-refractivity contribution in [1.29, 1.82) is 0 Å². The number of thioether (sulfide) groups is 1. The Labute approximate surface area is 103 Å². The Kier molecular flexibility index (Phi) is 3.93. The van der Waals surface area contributed by atoms with E-state index in [1.165, 1.54) is 0 Å². The van der Waals surface area contributed by atoms with Gasteiger partial charge in [-0.25, -0.2) is 4.79 Å². The molecule has 0 unspecified atom stereocenters. The van der Waals surface area contributed by atoms with Crippen molar-refractivity contribution in [3.05, 3.63) is 11.0 Å². The van der Waals surface area contributed by atoms with Crippen molar-refractivity contribution in [3.63, 3.8) is 0 Å². The SMILES string of the molecule is CC(C)(C)OC(=O)/C=C1\SC(=S)NNC1=O. The molecule has 0 radical (unpaired) electrons. The minimum atomic E-state index is -0.581. The number of thiocarbonyl (C=S) groups is 1. The highest BCUT2D eigenvalue weighted by Crippen LogP contribution is 2.20. The zero-order valence-electron chi connectivity index (χ0n) is 9.12. The average molecular weight is 260 g/mol. The Morgan fingerprint density at radius 3 is 2.62 bits per heavy atom. The van der Waals surface area contributed by atoms with Gasteiger partial charge >= 0.3 is 5.97 Å². The predicted octanol–water partition coefficient (Wildman–Crippen LogP) is 0.864. The molecular formula is C9H12N2O3S2. The van der Waals surface area contributed by atoms with Crippen LogP contribution in [0.5, 0.6) is 0 Å². The fourth-order valence-electron chi connectivity index (χ4n) is 0.874. The topological polar surface area (TPSA) is 67.4 Å². The number of amides is 1. The lowest BCUT2D eigenvalue weighted by molar-refractivity contribution is -0.148. The molecule has 16 heavy (non-hydrogen) atoms. The van der Waals surface area contributed by atoms with E-state index >= 15 is 0 Å². The molecule has 7 heteroatoms. The molecule has 5 nitrogen and oxygen atoms in total. The number of carbonyl (C=O) groups is 2. The maximum Gasteiger partial charge on any atom is 0.332 e. The summed E-state index contributed by atoms with van der Waals surface area (Å²) in [6.07, 6.45) is 1.14. The zero-order chi connectivity index (χ0) is 12.3. The number of hydrogen-bond acceptors (Lipinski definition) is 5. The highest BCUT2D eigenvalue weighted by Gasteiger charge is 2.22. The molecule has 0 aromatic heterocycles. The monoisotopic (exact) mass is 260 g/mol. The number of nitrogens with one attached hydrogen (secondary N) is 2. The van der Waals surface area contributed by atoms with Gasteiger partial charge in [-0.1, -0.05) is 24.0 Å². The summed E-state index contributed by atoms with van der Waals surface area (Å²) in [5.74, 6) is -0.959. The second kappa shape index (κ2) is 4.84. The van der Waals surface area contributed by atoms with E-state index < -0.39 is 17.5 Å². The van der Waals surface area contributed by atoms with Gasteiger partial charge in [-0.2, -0.15) is 0 Å². The molecule has 0 spiro atoms. The molecule has 1 fully saturated rings. The van der Waals surface area contributed by atoms with Gasteiger partial charge in [0.1, 0.15) is 5.60 Å². The molecule has 0 bridgehead atoms. The maximum absolute atomic E-state index is 11.4. The van der Waals surface area contributed by atoms with E-state index in [0.717, 1.165) is 17.8 Å². The lowest BCUT2D eigenvalue weighted by Crippen LogP contribution is -2.44. The second-order valence-corrected chi connectivity index (χ2v) is 5.73. The van der Waals surface area contributed by atoms with Crippen LogP contribution in [0.25, 0.3) is 0 Å². The normalized spacial score (nSPS) is 19.1. The van der Waals surface area contributed by atoms with Crippen LogP contribution in [0.2, 0.25) is 0 Å². The molecule has 1 amide bonds. The van der Waals surface area contributed by atoms with E-state index in [1.54, 1.807) is 20.8 Å². The minimum Gasteiger partial charge on any atom is -0.457 e. The number of hydrogen-bond donors (Lipinski definition) is 2. The number of hydrazine groups is 1. The summed E-state index contributed by atoms with van der Waals surface area (Å²) in [6.45, 7) is 5.26. The molecule has 0 aromatic carbocycles. The zero-order valence-corrected chi connectivity index (χ0v) is 10.8. The Bertz CT molecular complexity index is 371. The van der Waals surface area contributed by atoms with Crippen molar-refractivity contribution in [1.82, 2.24) is 10.9 Å². The standard InChI is InChI=1S/C9H12N2O3S2/c1-9(2,3)14-6(12)4-5-7(13)10-11-8(15)16-5/h4H,1-3H3,(H,10,13)(H,11,15)/b5-4-. The molecule has 2 N–H and O–H groups in total. The fourth-order valence-corrected chi connectivity index (χ4v) is 1.80. The Balaban J connectivity index is 2.71. The predicted molar refractivity (Wildman–Crippen MR) is 65.4 cm³/mol. The van der Waals surface area contributed by atoms with E-state index in [0.29, 0.717) is 4.32 Å². The van der Waals surface area contributed by atoms with Crippen molar-refractivity contribution >= 4 is 40.2 Å². The summed E-state index contributed by atoms with van der Waals surface area (Å²) in [4.78, 5) is 23.0. The molecule has 1 rings (SSSR count). The van der Waals surface area contributed by atoms with E-state index in [2.05, 4.69) is 10.9 Å². The summed E-state index contributed by atoms with van der Waals surface area (Å²) in [7, 11) is 0. The van der Waals surface area contributed by atoms with Crippen molar-refractivity contribution in [3.8, 4) is 0 Å². The largest absolute Gasteiger partial charge is 0.457 e. The van der Waals surface area contributed by atoms with Crippen molar-refractivity contribution < 1.29 is 14.3 Å². The van der Waals surface area contributed by atoms with Gasteiger partial charge in [0.25, 0.3) is 5.91 Å². The van der Waals surface area contributed by atoms with E-state index in [4.69, 9.17) is 17.0 Å². The summed E-state index contributed by atoms with van der Waals surface area (Å²) in [6, 6.07) is 0. The Hall–Kier alpha value is -1.08. The highest BCUT2D eigenvalue weighted by molar-refractivity contribution is 8.26. The molecule has 0 atom stereocenters. The summed E-state index contributed by atoms with van der Waals surface area (Å²) < 4.78 is 5.44. The Morgan fingerprint density at radius 2 is 2.06 bits per heavy atom. The molecule has 1 aliphatic heterocycles. The molecule has 1 aliphatic rings. The van der Waals surface area contributed by atoms with Crippen LogP contribution in [0.4, 0.5) is 0 Å². The smallest absolute Gasteiger partial charge is 0.332 e. The molecule has 0 aromatic rings.